The molecule has 8 heteroatoms. The Morgan fingerprint density at radius 1 is 0.675 bits per heavy atom. The number of hydrogen-bond acceptors (Lipinski definition) is 5. The number of carboxylic acid groups (broad SMARTS) is 1. The van der Waals surface area contributed by atoms with Crippen molar-refractivity contribution in [1.82, 2.24) is 4.98 Å². The Hall–Kier alpha value is -5.76. The van der Waals surface area contributed by atoms with Crippen molar-refractivity contribution in [3.63, 3.8) is 0 Å². The molecule has 4 aromatic carbocycles. The van der Waals surface area contributed by atoms with E-state index in [0.29, 0.717) is 22.5 Å². The van der Waals surface area contributed by atoms with Crippen LogP contribution in [0.2, 0.25) is 0 Å². The van der Waals surface area contributed by atoms with E-state index in [2.05, 4.69) is 15.6 Å². The van der Waals surface area contributed by atoms with Crippen LogP contribution < -0.4 is 10.6 Å². The fourth-order valence-corrected chi connectivity index (χ4v) is 3.91. The molecule has 0 aliphatic heterocycles. The predicted octanol–water partition coefficient (Wildman–Crippen LogP) is 6.71. The van der Waals surface area contributed by atoms with Gasteiger partial charge in [-0.1, -0.05) is 66.7 Å². The average Bonchev–Trinajstić information content (AvgIpc) is 3.48. The number of benzene rings is 4. The first kappa shape index (κ1) is 25.9. The molecule has 5 aromatic rings. The van der Waals surface area contributed by atoms with Gasteiger partial charge < -0.3 is 20.2 Å². The van der Waals surface area contributed by atoms with Gasteiger partial charge in [0.1, 0.15) is 0 Å². The zero-order valence-corrected chi connectivity index (χ0v) is 21.1. The summed E-state index contributed by atoms with van der Waals surface area (Å²) < 4.78 is 5.70. The third kappa shape index (κ3) is 6.38. The Balaban J connectivity index is 1.26. The minimum atomic E-state index is -1.09. The van der Waals surface area contributed by atoms with Crippen molar-refractivity contribution in [2.45, 2.75) is 0 Å². The van der Waals surface area contributed by atoms with Crippen LogP contribution in [0.25, 0.3) is 23.6 Å². The van der Waals surface area contributed by atoms with E-state index in [4.69, 9.17) is 9.52 Å². The van der Waals surface area contributed by atoms with E-state index in [1.807, 2.05) is 60.7 Å². The smallest absolute Gasteiger partial charge is 0.335 e. The molecule has 0 unspecified atom stereocenters. The number of nitrogens with zero attached hydrogens (tertiary/aromatic N) is 1. The maximum Gasteiger partial charge on any atom is 0.335 e. The van der Waals surface area contributed by atoms with Gasteiger partial charge in [-0.15, -0.1) is 0 Å². The van der Waals surface area contributed by atoms with E-state index in [9.17, 15) is 14.4 Å². The minimum Gasteiger partial charge on any atom is -0.478 e. The third-order valence-electron chi connectivity index (χ3n) is 5.88. The molecular weight excluding hydrogens is 506 g/mol. The molecule has 0 atom stereocenters. The van der Waals surface area contributed by atoms with E-state index >= 15 is 0 Å². The molecule has 0 aliphatic rings. The standard InChI is InChI=1S/C32H23N3O5/c36-29(34-27-14-6-12-25(19-27)32(38)39)23-10-5-11-24(18-23)31-33-20-28(40-31)30(37)35-26-13-4-9-22(17-26)16-15-21-7-2-1-3-8-21/h1-20H,(H,34,36)(H,35,37)(H,38,39)/b16-15+. The zero-order chi connectivity index (χ0) is 27.9. The van der Waals surface area contributed by atoms with Gasteiger partial charge >= 0.3 is 5.97 Å². The quantitative estimate of drug-likeness (QED) is 0.192. The number of aromatic nitrogens is 1. The molecule has 40 heavy (non-hydrogen) atoms. The highest BCUT2D eigenvalue weighted by molar-refractivity contribution is 6.05. The van der Waals surface area contributed by atoms with Crippen LogP contribution in [0.4, 0.5) is 11.4 Å². The second-order valence-corrected chi connectivity index (χ2v) is 8.77. The van der Waals surface area contributed by atoms with Crippen molar-refractivity contribution in [2.75, 3.05) is 10.6 Å². The Kier molecular flexibility index (Phi) is 7.60. The number of anilines is 2. The van der Waals surface area contributed by atoms with E-state index in [1.165, 1.54) is 18.3 Å². The summed E-state index contributed by atoms with van der Waals surface area (Å²) in [7, 11) is 0. The summed E-state index contributed by atoms with van der Waals surface area (Å²) in [6.45, 7) is 0. The molecule has 0 fully saturated rings. The lowest BCUT2D eigenvalue weighted by Crippen LogP contribution is -2.12. The summed E-state index contributed by atoms with van der Waals surface area (Å²) in [5.41, 5.74) is 3.81. The second kappa shape index (κ2) is 11.7. The van der Waals surface area contributed by atoms with Crippen molar-refractivity contribution in [1.29, 1.82) is 0 Å². The Morgan fingerprint density at radius 3 is 2.12 bits per heavy atom. The lowest BCUT2D eigenvalue weighted by atomic mass is 10.1. The molecule has 8 nitrogen and oxygen atoms in total. The predicted molar refractivity (Wildman–Crippen MR) is 153 cm³/mol. The SMILES string of the molecule is O=C(O)c1cccc(NC(=O)c2cccc(-c3ncc(C(=O)Nc4cccc(/C=C/c5ccccc5)c4)o3)c2)c1. The monoisotopic (exact) mass is 529 g/mol. The molecule has 0 aliphatic carbocycles. The van der Waals surface area contributed by atoms with Gasteiger partial charge in [-0.25, -0.2) is 9.78 Å². The number of hydrogen-bond donors (Lipinski definition) is 3. The Bertz CT molecular complexity index is 1720. The topological polar surface area (TPSA) is 122 Å². The fourth-order valence-electron chi connectivity index (χ4n) is 3.91. The molecule has 0 saturated heterocycles. The maximum atomic E-state index is 12.8. The van der Waals surface area contributed by atoms with Gasteiger partial charge in [-0.05, 0) is 59.7 Å². The molecule has 196 valence electrons. The summed E-state index contributed by atoms with van der Waals surface area (Å²) >= 11 is 0. The van der Waals surface area contributed by atoms with Gasteiger partial charge in [-0.3, -0.25) is 9.59 Å². The summed E-state index contributed by atoms with van der Waals surface area (Å²) in [5.74, 6) is -1.80. The van der Waals surface area contributed by atoms with Crippen molar-refractivity contribution < 1.29 is 23.9 Å². The summed E-state index contributed by atoms with van der Waals surface area (Å²) in [6.07, 6.45) is 5.28. The van der Waals surface area contributed by atoms with Gasteiger partial charge in [0.05, 0.1) is 11.8 Å². The van der Waals surface area contributed by atoms with Crippen molar-refractivity contribution in [2.24, 2.45) is 0 Å². The van der Waals surface area contributed by atoms with Crippen molar-refractivity contribution >= 4 is 41.3 Å². The zero-order valence-electron chi connectivity index (χ0n) is 21.1. The molecule has 0 radical (unpaired) electrons. The van der Waals surface area contributed by atoms with E-state index in [0.717, 1.165) is 11.1 Å². The molecule has 1 heterocycles. The molecule has 0 bridgehead atoms. The average molecular weight is 530 g/mol. The number of carboxylic acids is 1. The van der Waals surface area contributed by atoms with Gasteiger partial charge in [0, 0.05) is 22.5 Å². The highest BCUT2D eigenvalue weighted by Gasteiger charge is 2.16. The van der Waals surface area contributed by atoms with E-state index in [-0.39, 0.29) is 17.2 Å². The van der Waals surface area contributed by atoms with Crippen LogP contribution >= 0.6 is 0 Å². The van der Waals surface area contributed by atoms with Crippen LogP contribution in [0, 0.1) is 0 Å². The van der Waals surface area contributed by atoms with Crippen LogP contribution in [0.15, 0.2) is 114 Å². The van der Waals surface area contributed by atoms with Crippen LogP contribution in [0.5, 0.6) is 0 Å². The van der Waals surface area contributed by atoms with Gasteiger partial charge in [0.15, 0.2) is 0 Å². The van der Waals surface area contributed by atoms with Crippen molar-refractivity contribution in [3.05, 3.63) is 137 Å². The summed E-state index contributed by atoms with van der Waals surface area (Å²) in [6, 6.07) is 29.8. The molecule has 0 saturated carbocycles. The Labute approximate surface area is 229 Å². The van der Waals surface area contributed by atoms with Gasteiger partial charge in [0.25, 0.3) is 11.8 Å². The molecule has 0 spiro atoms. The molecule has 3 N–H and O–H groups in total. The van der Waals surface area contributed by atoms with Gasteiger partial charge in [-0.2, -0.15) is 0 Å². The number of oxazole rings is 1. The third-order valence-corrected chi connectivity index (χ3v) is 5.88. The molecular formula is C32H23N3O5. The normalized spacial score (nSPS) is 10.8. The van der Waals surface area contributed by atoms with Gasteiger partial charge in [0.2, 0.25) is 11.7 Å². The number of carbonyl (C=O) groups excluding carboxylic acids is 2. The molecule has 1 aromatic heterocycles. The molecule has 2 amide bonds. The molecule has 5 rings (SSSR count). The highest BCUT2D eigenvalue weighted by atomic mass is 16.4. The minimum absolute atomic E-state index is 0.0144. The Morgan fingerprint density at radius 2 is 1.32 bits per heavy atom. The lowest BCUT2D eigenvalue weighted by Gasteiger charge is -2.07. The maximum absolute atomic E-state index is 12.8. The van der Waals surface area contributed by atoms with E-state index < -0.39 is 17.8 Å². The number of aromatic carboxylic acids is 1. The fraction of sp³-hybridized carbons (Fsp3) is 0. The second-order valence-electron chi connectivity index (χ2n) is 8.77. The first-order valence-corrected chi connectivity index (χ1v) is 12.3. The number of amides is 2. The van der Waals surface area contributed by atoms with Crippen LogP contribution in [-0.2, 0) is 0 Å². The van der Waals surface area contributed by atoms with Crippen LogP contribution in [0.1, 0.15) is 42.4 Å². The largest absolute Gasteiger partial charge is 0.478 e. The first-order valence-electron chi connectivity index (χ1n) is 12.3. The number of carbonyl (C=O) groups is 3. The number of nitrogens with one attached hydrogen (secondary N) is 2. The van der Waals surface area contributed by atoms with Crippen molar-refractivity contribution in [3.8, 4) is 11.5 Å². The number of rotatable bonds is 8. The van der Waals surface area contributed by atoms with E-state index in [1.54, 1.807) is 42.5 Å². The lowest BCUT2D eigenvalue weighted by molar-refractivity contribution is 0.0696. The van der Waals surface area contributed by atoms with Crippen LogP contribution in [0.3, 0.4) is 0 Å². The summed E-state index contributed by atoms with van der Waals surface area (Å²) in [5, 5.41) is 14.7. The first-order chi connectivity index (χ1) is 19.4. The highest BCUT2D eigenvalue weighted by Crippen LogP contribution is 2.22. The summed E-state index contributed by atoms with van der Waals surface area (Å²) in [4.78, 5) is 41.0. The van der Waals surface area contributed by atoms with Crippen LogP contribution in [-0.4, -0.2) is 27.9 Å².